The highest BCUT2D eigenvalue weighted by Crippen LogP contribution is 2.01. The second kappa shape index (κ2) is 9.13. The molecule has 1 N–H and O–H groups in total. The Labute approximate surface area is 94.5 Å². The first-order valence-corrected chi connectivity index (χ1v) is 5.99. The predicted molar refractivity (Wildman–Crippen MR) is 64.2 cm³/mol. The van der Waals surface area contributed by atoms with Crippen LogP contribution in [0.5, 0.6) is 0 Å². The van der Waals surface area contributed by atoms with Crippen molar-refractivity contribution < 1.29 is 9.47 Å². The van der Waals surface area contributed by atoms with E-state index in [2.05, 4.69) is 33.0 Å². The van der Waals surface area contributed by atoms with Gasteiger partial charge in [0.2, 0.25) is 0 Å². The van der Waals surface area contributed by atoms with Gasteiger partial charge in [-0.25, -0.2) is 0 Å². The zero-order chi connectivity index (χ0) is 11.7. The second-order valence-corrected chi connectivity index (χ2v) is 4.47. The Morgan fingerprint density at radius 2 is 1.73 bits per heavy atom. The first-order valence-electron chi connectivity index (χ1n) is 5.99. The smallest absolute Gasteiger partial charge is 0.0532 e. The normalized spacial score (nSPS) is 13.8. The molecule has 0 aromatic carbocycles. The maximum absolute atomic E-state index is 5.61. The highest BCUT2D eigenvalue weighted by atomic mass is 16.5. The molecule has 0 aliphatic carbocycles. The molecule has 3 heteroatoms. The minimum Gasteiger partial charge on any atom is -0.381 e. The zero-order valence-corrected chi connectivity index (χ0v) is 10.9. The molecule has 0 aliphatic heterocycles. The lowest BCUT2D eigenvalue weighted by atomic mass is 10.1. The van der Waals surface area contributed by atoms with E-state index in [0.29, 0.717) is 18.1 Å². The van der Waals surface area contributed by atoms with Crippen molar-refractivity contribution in [3.63, 3.8) is 0 Å². The summed E-state index contributed by atoms with van der Waals surface area (Å²) in [6.07, 6.45) is 0.299. The van der Waals surface area contributed by atoms with Crippen molar-refractivity contribution in [3.05, 3.63) is 0 Å². The Hall–Kier alpha value is -0.120. The molecule has 0 saturated carbocycles. The van der Waals surface area contributed by atoms with Gasteiger partial charge in [0.15, 0.2) is 0 Å². The summed E-state index contributed by atoms with van der Waals surface area (Å²) in [6.45, 7) is 13.8. The van der Waals surface area contributed by atoms with Crippen molar-refractivity contribution >= 4 is 0 Å². The van der Waals surface area contributed by atoms with E-state index in [1.165, 1.54) is 0 Å². The topological polar surface area (TPSA) is 30.5 Å². The number of rotatable bonds is 9. The van der Waals surface area contributed by atoms with Gasteiger partial charge in [-0.1, -0.05) is 13.8 Å². The molecule has 0 aliphatic rings. The van der Waals surface area contributed by atoms with Crippen LogP contribution >= 0.6 is 0 Å². The van der Waals surface area contributed by atoms with Crippen molar-refractivity contribution in [3.8, 4) is 0 Å². The quantitative estimate of drug-likeness (QED) is 0.641. The summed E-state index contributed by atoms with van der Waals surface area (Å²) >= 11 is 0. The summed E-state index contributed by atoms with van der Waals surface area (Å²) in [5.74, 6) is 0.453. The summed E-state index contributed by atoms with van der Waals surface area (Å²) in [4.78, 5) is 0. The molecule has 15 heavy (non-hydrogen) atoms. The van der Waals surface area contributed by atoms with E-state index < -0.39 is 0 Å². The average molecular weight is 217 g/mol. The van der Waals surface area contributed by atoms with Crippen LogP contribution in [0.3, 0.4) is 0 Å². The van der Waals surface area contributed by atoms with Crippen LogP contribution in [-0.2, 0) is 9.47 Å². The van der Waals surface area contributed by atoms with Gasteiger partial charge in [-0.15, -0.1) is 0 Å². The molecule has 0 amide bonds. The van der Waals surface area contributed by atoms with Crippen molar-refractivity contribution in [2.45, 2.75) is 46.8 Å². The fourth-order valence-electron chi connectivity index (χ4n) is 1.18. The van der Waals surface area contributed by atoms with Crippen LogP contribution in [0.25, 0.3) is 0 Å². The molecule has 0 aromatic heterocycles. The van der Waals surface area contributed by atoms with Gasteiger partial charge in [0.05, 0.1) is 19.3 Å². The molecule has 0 saturated heterocycles. The molecule has 0 bridgehead atoms. The molecule has 0 heterocycles. The van der Waals surface area contributed by atoms with E-state index in [9.17, 15) is 0 Å². The SMILES string of the molecule is CCOCC(CNC(C)C)COC(C)C. The molecule has 1 unspecified atom stereocenters. The van der Waals surface area contributed by atoms with Crippen molar-refractivity contribution in [1.29, 1.82) is 0 Å². The lowest BCUT2D eigenvalue weighted by molar-refractivity contribution is 0.0162. The Kier molecular flexibility index (Phi) is 9.06. The van der Waals surface area contributed by atoms with Crippen LogP contribution in [0.1, 0.15) is 34.6 Å². The van der Waals surface area contributed by atoms with E-state index in [4.69, 9.17) is 9.47 Å². The largest absolute Gasteiger partial charge is 0.381 e. The lowest BCUT2D eigenvalue weighted by Crippen LogP contribution is -2.34. The van der Waals surface area contributed by atoms with Crippen molar-refractivity contribution in [2.75, 3.05) is 26.4 Å². The molecule has 0 fully saturated rings. The lowest BCUT2D eigenvalue weighted by Gasteiger charge is -2.20. The molecular formula is C12H27NO2. The Bertz CT molecular complexity index is 126. The van der Waals surface area contributed by atoms with Crippen LogP contribution in [0.2, 0.25) is 0 Å². The molecular weight excluding hydrogens is 190 g/mol. The van der Waals surface area contributed by atoms with Gasteiger partial charge in [0.1, 0.15) is 0 Å². The fourth-order valence-corrected chi connectivity index (χ4v) is 1.18. The Morgan fingerprint density at radius 1 is 1.07 bits per heavy atom. The summed E-state index contributed by atoms with van der Waals surface area (Å²) in [6, 6.07) is 0.521. The number of hydrogen-bond donors (Lipinski definition) is 1. The third-order valence-electron chi connectivity index (χ3n) is 2.04. The molecule has 0 rings (SSSR count). The van der Waals surface area contributed by atoms with E-state index in [-0.39, 0.29) is 0 Å². The third kappa shape index (κ3) is 10.2. The van der Waals surface area contributed by atoms with Gasteiger partial charge >= 0.3 is 0 Å². The zero-order valence-electron chi connectivity index (χ0n) is 10.9. The Morgan fingerprint density at radius 3 is 2.20 bits per heavy atom. The second-order valence-electron chi connectivity index (χ2n) is 4.47. The first kappa shape index (κ1) is 14.9. The van der Waals surface area contributed by atoms with Gasteiger partial charge in [-0.2, -0.15) is 0 Å². The molecule has 0 aromatic rings. The van der Waals surface area contributed by atoms with E-state index in [0.717, 1.165) is 26.4 Å². The van der Waals surface area contributed by atoms with Gasteiger partial charge < -0.3 is 14.8 Å². The van der Waals surface area contributed by atoms with Crippen LogP contribution in [0.15, 0.2) is 0 Å². The standard InChI is InChI=1S/C12H27NO2/c1-6-14-8-12(7-13-10(2)3)9-15-11(4)5/h10-13H,6-9H2,1-5H3. The molecule has 3 nitrogen and oxygen atoms in total. The fraction of sp³-hybridized carbons (Fsp3) is 1.00. The molecule has 0 radical (unpaired) electrons. The van der Waals surface area contributed by atoms with Crippen molar-refractivity contribution in [2.24, 2.45) is 5.92 Å². The number of hydrogen-bond acceptors (Lipinski definition) is 3. The summed E-state index contributed by atoms with van der Waals surface area (Å²) in [5.41, 5.74) is 0. The maximum Gasteiger partial charge on any atom is 0.0532 e. The van der Waals surface area contributed by atoms with E-state index in [1.54, 1.807) is 0 Å². The summed E-state index contributed by atoms with van der Waals surface area (Å²) in [5, 5.41) is 3.42. The molecule has 1 atom stereocenters. The van der Waals surface area contributed by atoms with Crippen LogP contribution < -0.4 is 5.32 Å². The molecule has 0 spiro atoms. The Balaban J connectivity index is 3.73. The third-order valence-corrected chi connectivity index (χ3v) is 2.04. The van der Waals surface area contributed by atoms with Crippen molar-refractivity contribution in [1.82, 2.24) is 5.32 Å². The van der Waals surface area contributed by atoms with Gasteiger partial charge in [-0.05, 0) is 20.8 Å². The highest BCUT2D eigenvalue weighted by Gasteiger charge is 2.10. The molecule has 92 valence electrons. The van der Waals surface area contributed by atoms with Crippen LogP contribution in [0, 0.1) is 5.92 Å². The number of nitrogens with one attached hydrogen (secondary N) is 1. The minimum atomic E-state index is 0.299. The van der Waals surface area contributed by atoms with Crippen LogP contribution in [0.4, 0.5) is 0 Å². The highest BCUT2D eigenvalue weighted by molar-refractivity contribution is 4.64. The summed E-state index contributed by atoms with van der Waals surface area (Å²) in [7, 11) is 0. The summed E-state index contributed by atoms with van der Waals surface area (Å²) < 4.78 is 11.1. The first-order chi connectivity index (χ1) is 7.06. The van der Waals surface area contributed by atoms with Gasteiger partial charge in [-0.3, -0.25) is 0 Å². The van der Waals surface area contributed by atoms with Gasteiger partial charge in [0, 0.05) is 25.1 Å². The minimum absolute atomic E-state index is 0.299. The predicted octanol–water partition coefficient (Wildman–Crippen LogP) is 2.06. The van der Waals surface area contributed by atoms with Gasteiger partial charge in [0.25, 0.3) is 0 Å². The number of ether oxygens (including phenoxy) is 2. The monoisotopic (exact) mass is 217 g/mol. The average Bonchev–Trinajstić information content (AvgIpc) is 2.16. The van der Waals surface area contributed by atoms with E-state index in [1.807, 2.05) is 6.92 Å². The van der Waals surface area contributed by atoms with E-state index >= 15 is 0 Å². The van der Waals surface area contributed by atoms with Crippen LogP contribution in [-0.4, -0.2) is 38.5 Å². The maximum atomic E-state index is 5.61.